The lowest BCUT2D eigenvalue weighted by Crippen LogP contribution is -2.35. The lowest BCUT2D eigenvalue weighted by atomic mass is 10.0. The first-order valence-corrected chi connectivity index (χ1v) is 10.3. The molecule has 4 nitrogen and oxygen atoms in total. The van der Waals surface area contributed by atoms with Crippen molar-refractivity contribution in [3.63, 3.8) is 0 Å². The third kappa shape index (κ3) is 3.32. The van der Waals surface area contributed by atoms with Gasteiger partial charge in [0, 0.05) is 39.9 Å². The van der Waals surface area contributed by atoms with Crippen molar-refractivity contribution >= 4 is 29.3 Å². The summed E-state index contributed by atoms with van der Waals surface area (Å²) in [5, 5.41) is 8.49. The van der Waals surface area contributed by atoms with Crippen LogP contribution in [0.3, 0.4) is 0 Å². The maximum absolute atomic E-state index is 12.9. The Morgan fingerprint density at radius 2 is 2.04 bits per heavy atom. The molecule has 1 aliphatic heterocycles. The number of benzene rings is 1. The molecule has 1 saturated carbocycles. The Kier molecular flexibility index (Phi) is 4.78. The monoisotopic (exact) mass is 375 g/mol. The number of nitrogens with one attached hydrogen (secondary N) is 1. The molecule has 0 saturated heterocycles. The number of halogens is 1. The Hall–Kier alpha value is -1.46. The molecule has 2 aliphatic rings. The van der Waals surface area contributed by atoms with Gasteiger partial charge in [-0.1, -0.05) is 37.3 Å². The van der Waals surface area contributed by atoms with Crippen LogP contribution in [0.4, 0.5) is 0 Å². The number of amides is 1. The number of hydrogen-bond donors (Lipinski definition) is 1. The normalized spacial score (nSPS) is 17.5. The minimum atomic E-state index is -0.0326. The highest BCUT2D eigenvalue weighted by atomic mass is 35.5. The van der Waals surface area contributed by atoms with Gasteiger partial charge in [0.2, 0.25) is 0 Å². The highest BCUT2D eigenvalue weighted by Crippen LogP contribution is 2.43. The van der Waals surface area contributed by atoms with Crippen LogP contribution in [0.2, 0.25) is 5.02 Å². The smallest absolute Gasteiger partial charge is 0.272 e. The summed E-state index contributed by atoms with van der Waals surface area (Å²) >= 11 is 7.93. The summed E-state index contributed by atoms with van der Waals surface area (Å²) < 4.78 is 1.83. The molecule has 6 heteroatoms. The molecule has 1 aliphatic carbocycles. The van der Waals surface area contributed by atoms with Crippen LogP contribution in [0.15, 0.2) is 23.1 Å². The van der Waals surface area contributed by atoms with Gasteiger partial charge in [-0.3, -0.25) is 9.48 Å². The number of thioether (sulfide) groups is 1. The van der Waals surface area contributed by atoms with Crippen molar-refractivity contribution < 1.29 is 4.79 Å². The number of nitrogens with zero attached hydrogens (tertiary/aromatic N) is 2. The largest absolute Gasteiger partial charge is 0.348 e. The van der Waals surface area contributed by atoms with Crippen molar-refractivity contribution in [3.05, 3.63) is 34.5 Å². The summed E-state index contributed by atoms with van der Waals surface area (Å²) in [6.45, 7) is 0. The van der Waals surface area contributed by atoms with Gasteiger partial charge in [0.15, 0.2) is 5.69 Å². The average Bonchev–Trinajstić information content (AvgIpc) is 2.77. The topological polar surface area (TPSA) is 46.9 Å². The Morgan fingerprint density at radius 1 is 1.28 bits per heavy atom. The zero-order chi connectivity index (χ0) is 17.4. The molecule has 132 valence electrons. The summed E-state index contributed by atoms with van der Waals surface area (Å²) in [7, 11) is 1.90. The van der Waals surface area contributed by atoms with Crippen molar-refractivity contribution in [1.29, 1.82) is 0 Å². The molecule has 0 radical (unpaired) electrons. The molecule has 1 aromatic heterocycles. The zero-order valence-electron chi connectivity index (χ0n) is 14.3. The van der Waals surface area contributed by atoms with Crippen LogP contribution in [0.1, 0.15) is 54.6 Å². The standard InChI is InChI=1S/C19H22ClN3OS/c1-23-18-14-10-12(20)8-9-16(14)25-11-15(18)17(22-23)19(24)21-13-6-4-2-3-5-7-13/h8-10,13H,2-7,11H2,1H3,(H,21,24). The van der Waals surface area contributed by atoms with Crippen LogP contribution in [0.5, 0.6) is 0 Å². The van der Waals surface area contributed by atoms with E-state index in [-0.39, 0.29) is 11.9 Å². The molecule has 2 aromatic rings. The predicted molar refractivity (Wildman–Crippen MR) is 102 cm³/mol. The highest BCUT2D eigenvalue weighted by Gasteiger charge is 2.28. The van der Waals surface area contributed by atoms with Gasteiger partial charge in [-0.05, 0) is 31.0 Å². The number of fused-ring (bicyclic) bond motifs is 3. The zero-order valence-corrected chi connectivity index (χ0v) is 15.9. The van der Waals surface area contributed by atoms with Gasteiger partial charge in [-0.2, -0.15) is 5.10 Å². The minimum Gasteiger partial charge on any atom is -0.348 e. The molecule has 0 atom stereocenters. The maximum atomic E-state index is 12.9. The van der Waals surface area contributed by atoms with Crippen molar-refractivity contribution in [1.82, 2.24) is 15.1 Å². The number of aromatic nitrogens is 2. The SMILES string of the molecule is Cn1nc(C(=O)NC2CCCCCC2)c2c1-c1cc(Cl)ccc1SC2. The van der Waals surface area contributed by atoms with Gasteiger partial charge >= 0.3 is 0 Å². The van der Waals surface area contributed by atoms with E-state index in [0.29, 0.717) is 10.7 Å². The van der Waals surface area contributed by atoms with E-state index in [1.54, 1.807) is 11.8 Å². The van der Waals surface area contributed by atoms with E-state index in [1.807, 2.05) is 29.9 Å². The van der Waals surface area contributed by atoms with E-state index in [1.165, 1.54) is 30.6 Å². The molecule has 0 spiro atoms. The summed E-state index contributed by atoms with van der Waals surface area (Å²) in [5.41, 5.74) is 3.68. The van der Waals surface area contributed by atoms with Crippen molar-refractivity contribution in [2.75, 3.05) is 0 Å². The van der Waals surface area contributed by atoms with E-state index < -0.39 is 0 Å². The third-order valence-corrected chi connectivity index (χ3v) is 6.45. The second-order valence-corrected chi connectivity index (χ2v) is 8.34. The molecular weight excluding hydrogens is 354 g/mol. The number of hydrogen-bond acceptors (Lipinski definition) is 3. The van der Waals surface area contributed by atoms with Crippen molar-refractivity contribution in [3.8, 4) is 11.3 Å². The molecule has 0 bridgehead atoms. The molecule has 1 amide bonds. The highest BCUT2D eigenvalue weighted by molar-refractivity contribution is 7.98. The Bertz CT molecular complexity index is 809. The second kappa shape index (κ2) is 7.04. The second-order valence-electron chi connectivity index (χ2n) is 6.89. The Labute approximate surface area is 157 Å². The fourth-order valence-corrected chi connectivity index (χ4v) is 5.09. The lowest BCUT2D eigenvalue weighted by Gasteiger charge is -2.18. The molecule has 0 unspecified atom stereocenters. The first-order chi connectivity index (χ1) is 12.1. The van der Waals surface area contributed by atoms with Crippen molar-refractivity contribution in [2.45, 2.75) is 55.2 Å². The molecule has 4 rings (SSSR count). The van der Waals surface area contributed by atoms with Gasteiger partial charge in [0.05, 0.1) is 5.69 Å². The fourth-order valence-electron chi connectivity index (χ4n) is 3.86. The van der Waals surface area contributed by atoms with Crippen LogP contribution in [-0.2, 0) is 12.8 Å². The minimum absolute atomic E-state index is 0.0326. The van der Waals surface area contributed by atoms with E-state index in [9.17, 15) is 4.79 Å². The maximum Gasteiger partial charge on any atom is 0.272 e. The van der Waals surface area contributed by atoms with Gasteiger partial charge in [-0.15, -0.1) is 11.8 Å². The van der Waals surface area contributed by atoms with Gasteiger partial charge < -0.3 is 5.32 Å². The molecule has 1 fully saturated rings. The van der Waals surface area contributed by atoms with Crippen LogP contribution < -0.4 is 5.32 Å². The van der Waals surface area contributed by atoms with Gasteiger partial charge in [-0.25, -0.2) is 0 Å². The summed E-state index contributed by atoms with van der Waals surface area (Å²) in [5.74, 6) is 0.737. The molecule has 1 N–H and O–H groups in total. The van der Waals surface area contributed by atoms with Crippen LogP contribution in [-0.4, -0.2) is 21.7 Å². The van der Waals surface area contributed by atoms with Crippen molar-refractivity contribution in [2.24, 2.45) is 7.05 Å². The number of aryl methyl sites for hydroxylation is 1. The first-order valence-electron chi connectivity index (χ1n) is 8.93. The molecule has 1 aromatic carbocycles. The molecule has 25 heavy (non-hydrogen) atoms. The Balaban J connectivity index is 1.64. The van der Waals surface area contributed by atoms with Crippen LogP contribution >= 0.6 is 23.4 Å². The van der Waals surface area contributed by atoms with Gasteiger partial charge in [0.25, 0.3) is 5.91 Å². The fraction of sp³-hybridized carbons (Fsp3) is 0.474. The van der Waals surface area contributed by atoms with E-state index >= 15 is 0 Å². The van der Waals surface area contributed by atoms with E-state index in [2.05, 4.69) is 10.4 Å². The number of rotatable bonds is 2. The summed E-state index contributed by atoms with van der Waals surface area (Å²) in [6.07, 6.45) is 7.11. The average molecular weight is 376 g/mol. The first kappa shape index (κ1) is 17.0. The summed E-state index contributed by atoms with van der Waals surface area (Å²) in [4.78, 5) is 14.1. The lowest BCUT2D eigenvalue weighted by molar-refractivity contribution is 0.0927. The van der Waals surface area contributed by atoms with Crippen LogP contribution in [0, 0.1) is 0 Å². The van der Waals surface area contributed by atoms with Crippen LogP contribution in [0.25, 0.3) is 11.3 Å². The number of carbonyl (C=O) groups is 1. The van der Waals surface area contributed by atoms with E-state index in [4.69, 9.17) is 11.6 Å². The third-order valence-electron chi connectivity index (χ3n) is 5.12. The number of carbonyl (C=O) groups excluding carboxylic acids is 1. The molecule has 2 heterocycles. The molecular formula is C19H22ClN3OS. The predicted octanol–water partition coefficient (Wildman–Crippen LogP) is 4.80. The Morgan fingerprint density at radius 3 is 2.80 bits per heavy atom. The summed E-state index contributed by atoms with van der Waals surface area (Å²) in [6, 6.07) is 6.21. The quantitative estimate of drug-likeness (QED) is 0.767. The van der Waals surface area contributed by atoms with Gasteiger partial charge in [0.1, 0.15) is 0 Å². The van der Waals surface area contributed by atoms with E-state index in [0.717, 1.165) is 35.4 Å².